The van der Waals surface area contributed by atoms with Crippen molar-refractivity contribution in [2.75, 3.05) is 13.1 Å². The number of aryl methyl sites for hydroxylation is 2. The van der Waals surface area contributed by atoms with Crippen molar-refractivity contribution in [2.45, 2.75) is 25.2 Å². The molecule has 1 amide bonds. The molecule has 0 atom stereocenters. The van der Waals surface area contributed by atoms with Crippen LogP contribution >= 0.6 is 11.3 Å². The monoisotopic (exact) mass is 366 g/mol. The molecule has 0 bridgehead atoms. The van der Waals surface area contributed by atoms with E-state index in [0.717, 1.165) is 36.6 Å². The lowest BCUT2D eigenvalue weighted by Gasteiger charge is -2.41. The highest BCUT2D eigenvalue weighted by Gasteiger charge is 2.41. The van der Waals surface area contributed by atoms with Crippen molar-refractivity contribution in [3.05, 3.63) is 69.9 Å². The largest absolute Gasteiger partial charge is 0.337 e. The summed E-state index contributed by atoms with van der Waals surface area (Å²) < 4.78 is 1.64. The molecular weight excluding hydrogens is 344 g/mol. The van der Waals surface area contributed by atoms with Crippen LogP contribution in [-0.2, 0) is 12.5 Å². The highest BCUT2D eigenvalue weighted by molar-refractivity contribution is 7.09. The van der Waals surface area contributed by atoms with E-state index in [1.807, 2.05) is 24.9 Å². The molecular formula is C20H22N4OS. The standard InChI is InChI=1S/C20H22N4OS/c1-15-22-18(14-26-15)20(16-6-4-3-5-7-16)9-12-24(13-10-20)19(25)17-8-11-21-23(17)2/h3-8,11,14H,9-10,12-13H2,1-2H3. The maximum atomic E-state index is 12.8. The Morgan fingerprint density at radius 2 is 1.88 bits per heavy atom. The Kier molecular flexibility index (Phi) is 4.36. The summed E-state index contributed by atoms with van der Waals surface area (Å²) in [5, 5.41) is 7.39. The zero-order valence-electron chi connectivity index (χ0n) is 15.1. The molecule has 1 aliphatic heterocycles. The van der Waals surface area contributed by atoms with E-state index in [4.69, 9.17) is 4.98 Å². The lowest BCUT2D eigenvalue weighted by molar-refractivity contribution is 0.0673. The first kappa shape index (κ1) is 17.0. The minimum Gasteiger partial charge on any atom is -0.337 e. The summed E-state index contributed by atoms with van der Waals surface area (Å²) in [6.07, 6.45) is 3.43. The summed E-state index contributed by atoms with van der Waals surface area (Å²) in [5.41, 5.74) is 2.95. The number of hydrogen-bond donors (Lipinski definition) is 0. The molecule has 1 saturated heterocycles. The molecule has 134 valence electrons. The maximum Gasteiger partial charge on any atom is 0.272 e. The minimum atomic E-state index is -0.116. The molecule has 2 aromatic heterocycles. The number of nitrogens with zero attached hydrogens (tertiary/aromatic N) is 4. The average Bonchev–Trinajstić information content (AvgIpc) is 3.30. The van der Waals surface area contributed by atoms with Crippen molar-refractivity contribution in [3.63, 3.8) is 0 Å². The molecule has 0 aliphatic carbocycles. The molecule has 4 rings (SSSR count). The smallest absolute Gasteiger partial charge is 0.272 e. The second-order valence-corrected chi connectivity index (χ2v) is 7.89. The summed E-state index contributed by atoms with van der Waals surface area (Å²) >= 11 is 1.70. The van der Waals surface area contributed by atoms with Crippen molar-refractivity contribution < 1.29 is 4.79 Å². The van der Waals surface area contributed by atoms with Crippen molar-refractivity contribution in [1.29, 1.82) is 0 Å². The molecule has 0 radical (unpaired) electrons. The predicted octanol–water partition coefficient (Wildman–Crippen LogP) is 3.41. The third kappa shape index (κ3) is 2.84. The molecule has 0 N–H and O–H groups in total. The average molecular weight is 366 g/mol. The lowest BCUT2D eigenvalue weighted by atomic mass is 9.70. The van der Waals surface area contributed by atoms with Gasteiger partial charge in [0.05, 0.1) is 10.7 Å². The van der Waals surface area contributed by atoms with Gasteiger partial charge in [0.2, 0.25) is 0 Å². The number of rotatable bonds is 3. The van der Waals surface area contributed by atoms with Crippen LogP contribution in [0.25, 0.3) is 0 Å². The Morgan fingerprint density at radius 3 is 2.46 bits per heavy atom. The third-order valence-electron chi connectivity index (χ3n) is 5.38. The number of aromatic nitrogens is 3. The zero-order chi connectivity index (χ0) is 18.1. The predicted molar refractivity (Wildman–Crippen MR) is 102 cm³/mol. The number of thiazole rings is 1. The van der Waals surface area contributed by atoms with Crippen LogP contribution in [-0.4, -0.2) is 38.7 Å². The van der Waals surface area contributed by atoms with E-state index < -0.39 is 0 Å². The topological polar surface area (TPSA) is 51.0 Å². The van der Waals surface area contributed by atoms with Crippen LogP contribution in [0.1, 0.15) is 39.6 Å². The number of carbonyl (C=O) groups is 1. The number of likely N-dealkylation sites (tertiary alicyclic amines) is 1. The highest BCUT2D eigenvalue weighted by atomic mass is 32.1. The van der Waals surface area contributed by atoms with Crippen LogP contribution < -0.4 is 0 Å². The quantitative estimate of drug-likeness (QED) is 0.714. The minimum absolute atomic E-state index is 0.0566. The highest BCUT2D eigenvalue weighted by Crippen LogP contribution is 2.42. The molecule has 6 heteroatoms. The van der Waals surface area contributed by atoms with E-state index >= 15 is 0 Å². The first-order valence-electron chi connectivity index (χ1n) is 8.85. The Balaban J connectivity index is 1.63. The summed E-state index contributed by atoms with van der Waals surface area (Å²) in [6, 6.07) is 12.4. The summed E-state index contributed by atoms with van der Waals surface area (Å²) in [7, 11) is 1.81. The third-order valence-corrected chi connectivity index (χ3v) is 6.15. The van der Waals surface area contributed by atoms with E-state index in [-0.39, 0.29) is 11.3 Å². The SMILES string of the molecule is Cc1nc(C2(c3ccccc3)CCN(C(=O)c3ccnn3C)CC2)cs1. The normalized spacial score (nSPS) is 16.6. The van der Waals surface area contributed by atoms with E-state index in [9.17, 15) is 4.79 Å². The van der Waals surface area contributed by atoms with Gasteiger partial charge < -0.3 is 4.90 Å². The van der Waals surface area contributed by atoms with E-state index in [1.165, 1.54) is 5.56 Å². The Labute approximate surface area is 157 Å². The van der Waals surface area contributed by atoms with E-state index in [2.05, 4.69) is 34.7 Å². The maximum absolute atomic E-state index is 12.8. The molecule has 0 saturated carbocycles. The Morgan fingerprint density at radius 1 is 1.15 bits per heavy atom. The van der Waals surface area contributed by atoms with Gasteiger partial charge >= 0.3 is 0 Å². The van der Waals surface area contributed by atoms with Crippen LogP contribution in [0.2, 0.25) is 0 Å². The van der Waals surface area contributed by atoms with E-state index in [0.29, 0.717) is 5.69 Å². The van der Waals surface area contributed by atoms with Crippen molar-refractivity contribution >= 4 is 17.2 Å². The number of benzene rings is 1. The van der Waals surface area contributed by atoms with Crippen molar-refractivity contribution in [2.24, 2.45) is 7.05 Å². The van der Waals surface area contributed by atoms with Crippen LogP contribution in [0.15, 0.2) is 48.0 Å². The number of piperidine rings is 1. The lowest BCUT2D eigenvalue weighted by Crippen LogP contribution is -2.46. The number of hydrogen-bond acceptors (Lipinski definition) is 4. The van der Waals surface area contributed by atoms with Crippen molar-refractivity contribution in [1.82, 2.24) is 19.7 Å². The molecule has 3 heterocycles. The Bertz CT molecular complexity index is 907. The van der Waals surface area contributed by atoms with Crippen LogP contribution in [0.4, 0.5) is 0 Å². The summed E-state index contributed by atoms with van der Waals surface area (Å²) in [5.74, 6) is 0.0566. The van der Waals surface area contributed by atoms with Gasteiger partial charge in [-0.1, -0.05) is 30.3 Å². The number of carbonyl (C=O) groups excluding carboxylic acids is 1. The molecule has 1 fully saturated rings. The van der Waals surface area contributed by atoms with Gasteiger partial charge in [-0.15, -0.1) is 11.3 Å². The van der Waals surface area contributed by atoms with Crippen LogP contribution in [0.3, 0.4) is 0 Å². The second kappa shape index (κ2) is 6.68. The second-order valence-electron chi connectivity index (χ2n) is 6.83. The van der Waals surface area contributed by atoms with Gasteiger partial charge in [0.1, 0.15) is 5.69 Å². The molecule has 3 aromatic rings. The fourth-order valence-corrected chi connectivity index (χ4v) is 4.58. The first-order chi connectivity index (χ1) is 12.6. The van der Waals surface area contributed by atoms with Gasteiger partial charge in [0, 0.05) is 37.1 Å². The summed E-state index contributed by atoms with van der Waals surface area (Å²) in [4.78, 5) is 19.6. The fraction of sp³-hybridized carbons (Fsp3) is 0.350. The number of amides is 1. The van der Waals surface area contributed by atoms with Gasteiger partial charge in [-0.2, -0.15) is 5.10 Å². The van der Waals surface area contributed by atoms with Gasteiger partial charge in [0.25, 0.3) is 5.91 Å². The van der Waals surface area contributed by atoms with Gasteiger partial charge in [-0.25, -0.2) is 4.98 Å². The summed E-state index contributed by atoms with van der Waals surface area (Å²) in [6.45, 7) is 3.49. The molecule has 0 unspecified atom stereocenters. The zero-order valence-corrected chi connectivity index (χ0v) is 15.9. The fourth-order valence-electron chi connectivity index (χ4n) is 3.87. The van der Waals surface area contributed by atoms with Gasteiger partial charge in [-0.05, 0) is 31.4 Å². The van der Waals surface area contributed by atoms with Crippen molar-refractivity contribution in [3.8, 4) is 0 Å². The van der Waals surface area contributed by atoms with Crippen LogP contribution in [0, 0.1) is 6.92 Å². The van der Waals surface area contributed by atoms with E-state index in [1.54, 1.807) is 28.3 Å². The van der Waals surface area contributed by atoms with Gasteiger partial charge in [-0.3, -0.25) is 9.48 Å². The molecule has 1 aliphatic rings. The first-order valence-corrected chi connectivity index (χ1v) is 9.73. The molecule has 0 spiro atoms. The molecule has 26 heavy (non-hydrogen) atoms. The molecule has 5 nitrogen and oxygen atoms in total. The van der Waals surface area contributed by atoms with Crippen LogP contribution in [0.5, 0.6) is 0 Å². The van der Waals surface area contributed by atoms with Gasteiger partial charge in [0.15, 0.2) is 0 Å². The molecule has 1 aromatic carbocycles. The Hall–Kier alpha value is -2.47.